The Kier molecular flexibility index (Phi) is 17.4. The van der Waals surface area contributed by atoms with Gasteiger partial charge in [0.2, 0.25) is 0 Å². The van der Waals surface area contributed by atoms with Crippen molar-refractivity contribution < 1.29 is 4.79 Å². The van der Waals surface area contributed by atoms with E-state index in [1.165, 1.54) is 22.3 Å². The number of carbonyl (C=O) groups is 1. The second-order valence-electron chi connectivity index (χ2n) is 7.55. The SMILES string of the molecule is CC.CC.CC.CC.CCc1cccc(-c2ccc(N3CCc4cccc(C(=O)NC)c4C3)nc2C)c1. The van der Waals surface area contributed by atoms with E-state index in [1.807, 2.05) is 67.5 Å². The van der Waals surface area contributed by atoms with Gasteiger partial charge in [-0.1, -0.05) is 98.7 Å². The number of hydrogen-bond donors (Lipinski definition) is 1. The number of anilines is 1. The van der Waals surface area contributed by atoms with Crippen molar-refractivity contribution in [3.8, 4) is 11.1 Å². The van der Waals surface area contributed by atoms with Gasteiger partial charge >= 0.3 is 0 Å². The molecule has 0 radical (unpaired) electrons. The van der Waals surface area contributed by atoms with Crippen molar-refractivity contribution in [2.45, 2.75) is 88.6 Å². The highest BCUT2D eigenvalue weighted by atomic mass is 16.1. The second kappa shape index (κ2) is 19.0. The van der Waals surface area contributed by atoms with Gasteiger partial charge in [0, 0.05) is 37.0 Å². The largest absolute Gasteiger partial charge is 0.355 e. The number of amides is 1. The van der Waals surface area contributed by atoms with Crippen LogP contribution in [0.15, 0.2) is 54.6 Å². The van der Waals surface area contributed by atoms with Gasteiger partial charge in [-0.15, -0.1) is 0 Å². The van der Waals surface area contributed by atoms with Crippen LogP contribution in [0.4, 0.5) is 5.82 Å². The fourth-order valence-electron chi connectivity index (χ4n) is 4.11. The van der Waals surface area contributed by atoms with E-state index in [0.29, 0.717) is 6.54 Å². The summed E-state index contributed by atoms with van der Waals surface area (Å²) in [6, 6.07) is 19.0. The molecule has 0 fully saturated rings. The average molecular weight is 506 g/mol. The van der Waals surface area contributed by atoms with Crippen molar-refractivity contribution >= 4 is 11.7 Å². The van der Waals surface area contributed by atoms with Crippen LogP contribution in [0, 0.1) is 6.92 Å². The highest BCUT2D eigenvalue weighted by Gasteiger charge is 2.22. The van der Waals surface area contributed by atoms with Gasteiger partial charge in [-0.25, -0.2) is 4.98 Å². The fraction of sp³-hybridized carbons (Fsp3) is 0.455. The molecule has 0 aliphatic carbocycles. The quantitative estimate of drug-likeness (QED) is 0.386. The summed E-state index contributed by atoms with van der Waals surface area (Å²) >= 11 is 0. The Bertz CT molecular complexity index is 1060. The minimum absolute atomic E-state index is 0.0287. The normalized spacial score (nSPS) is 10.9. The molecule has 0 spiro atoms. The number of carbonyl (C=O) groups excluding carboxylic acids is 1. The summed E-state index contributed by atoms with van der Waals surface area (Å²) in [6.45, 7) is 21.9. The molecule has 3 aromatic rings. The number of nitrogens with zero attached hydrogens (tertiary/aromatic N) is 2. The van der Waals surface area contributed by atoms with E-state index in [0.717, 1.165) is 42.0 Å². The number of fused-ring (bicyclic) bond motifs is 1. The monoisotopic (exact) mass is 505 g/mol. The summed E-state index contributed by atoms with van der Waals surface area (Å²) < 4.78 is 0. The van der Waals surface area contributed by atoms with Crippen LogP contribution in [0.3, 0.4) is 0 Å². The van der Waals surface area contributed by atoms with Gasteiger partial charge in [-0.2, -0.15) is 0 Å². The lowest BCUT2D eigenvalue weighted by atomic mass is 9.94. The Hall–Kier alpha value is -3.14. The summed E-state index contributed by atoms with van der Waals surface area (Å²) in [5, 5.41) is 2.76. The van der Waals surface area contributed by atoms with E-state index < -0.39 is 0 Å². The molecule has 37 heavy (non-hydrogen) atoms. The van der Waals surface area contributed by atoms with Crippen LogP contribution in [-0.4, -0.2) is 24.5 Å². The number of benzene rings is 2. The lowest BCUT2D eigenvalue weighted by Gasteiger charge is -2.31. The Labute approximate surface area is 227 Å². The lowest BCUT2D eigenvalue weighted by molar-refractivity contribution is 0.0962. The van der Waals surface area contributed by atoms with E-state index >= 15 is 0 Å². The molecule has 4 nitrogen and oxygen atoms in total. The molecule has 204 valence electrons. The Balaban J connectivity index is 0.00000148. The van der Waals surface area contributed by atoms with Crippen molar-refractivity contribution in [2.24, 2.45) is 0 Å². The molecule has 1 N–H and O–H groups in total. The van der Waals surface area contributed by atoms with Gasteiger partial charge in [0.25, 0.3) is 5.91 Å². The minimum atomic E-state index is -0.0287. The van der Waals surface area contributed by atoms with Crippen molar-refractivity contribution in [1.82, 2.24) is 10.3 Å². The Morgan fingerprint density at radius 2 is 1.57 bits per heavy atom. The zero-order chi connectivity index (χ0) is 28.4. The number of pyridine rings is 1. The number of hydrogen-bond acceptors (Lipinski definition) is 3. The van der Waals surface area contributed by atoms with E-state index in [2.05, 4.69) is 66.5 Å². The zero-order valence-corrected chi connectivity index (χ0v) is 25.3. The van der Waals surface area contributed by atoms with Crippen LogP contribution in [0.1, 0.15) is 95.1 Å². The van der Waals surface area contributed by atoms with E-state index in [4.69, 9.17) is 4.98 Å². The lowest BCUT2D eigenvalue weighted by Crippen LogP contribution is -2.33. The predicted molar refractivity (Wildman–Crippen MR) is 164 cm³/mol. The van der Waals surface area contributed by atoms with Crippen LogP contribution >= 0.6 is 0 Å². The first-order valence-corrected chi connectivity index (χ1v) is 14.3. The summed E-state index contributed by atoms with van der Waals surface area (Å²) in [5.41, 5.74) is 7.88. The molecule has 4 heteroatoms. The molecule has 1 aliphatic rings. The topological polar surface area (TPSA) is 45.2 Å². The molecule has 0 unspecified atom stereocenters. The highest BCUT2D eigenvalue weighted by molar-refractivity contribution is 5.96. The summed E-state index contributed by atoms with van der Waals surface area (Å²) in [4.78, 5) is 19.5. The molecule has 1 aliphatic heterocycles. The Morgan fingerprint density at radius 3 is 2.16 bits per heavy atom. The Morgan fingerprint density at radius 1 is 0.919 bits per heavy atom. The zero-order valence-electron chi connectivity index (χ0n) is 25.3. The number of nitrogens with one attached hydrogen (secondary N) is 1. The molecule has 0 bridgehead atoms. The first kappa shape index (κ1) is 33.9. The van der Waals surface area contributed by atoms with Gasteiger partial charge in [-0.05, 0) is 60.2 Å². The van der Waals surface area contributed by atoms with Crippen LogP contribution in [-0.2, 0) is 19.4 Å². The van der Waals surface area contributed by atoms with Crippen molar-refractivity contribution in [3.63, 3.8) is 0 Å². The van der Waals surface area contributed by atoms with Crippen molar-refractivity contribution in [1.29, 1.82) is 0 Å². The van der Waals surface area contributed by atoms with Crippen LogP contribution in [0.5, 0.6) is 0 Å². The van der Waals surface area contributed by atoms with E-state index in [1.54, 1.807) is 7.05 Å². The first-order valence-electron chi connectivity index (χ1n) is 14.3. The first-order chi connectivity index (χ1) is 18.1. The van der Waals surface area contributed by atoms with Gasteiger partial charge in [0.1, 0.15) is 5.82 Å². The third-order valence-corrected chi connectivity index (χ3v) is 5.79. The smallest absolute Gasteiger partial charge is 0.251 e. The highest BCUT2D eigenvalue weighted by Crippen LogP contribution is 2.29. The van der Waals surface area contributed by atoms with Gasteiger partial charge < -0.3 is 10.2 Å². The van der Waals surface area contributed by atoms with Gasteiger partial charge in [0.15, 0.2) is 0 Å². The molecule has 0 saturated carbocycles. The molecular formula is C33H51N3O. The van der Waals surface area contributed by atoms with Crippen molar-refractivity contribution in [3.05, 3.63) is 82.5 Å². The molecule has 4 rings (SSSR count). The average Bonchev–Trinajstić information content (AvgIpc) is 3.00. The molecule has 2 aromatic carbocycles. The fourth-order valence-corrected chi connectivity index (χ4v) is 4.11. The van der Waals surface area contributed by atoms with Gasteiger partial charge in [-0.3, -0.25) is 4.79 Å². The maximum absolute atomic E-state index is 12.3. The third kappa shape index (κ3) is 9.03. The standard InChI is InChI=1S/C25H27N3O.4C2H6/c1-4-18-7-5-9-20(15-18)21-11-12-24(27-17(21)2)28-14-13-19-8-6-10-22(23(19)16-28)25(29)26-3;4*1-2/h5-12,15H,4,13-14,16H2,1-3H3,(H,26,29);4*1-2H3. The van der Waals surface area contributed by atoms with Crippen LogP contribution < -0.4 is 10.2 Å². The van der Waals surface area contributed by atoms with Crippen LogP contribution in [0.25, 0.3) is 11.1 Å². The maximum Gasteiger partial charge on any atom is 0.251 e. The third-order valence-electron chi connectivity index (χ3n) is 5.79. The number of aromatic nitrogens is 1. The molecule has 0 atom stereocenters. The summed E-state index contributed by atoms with van der Waals surface area (Å²) in [5.74, 6) is 0.939. The van der Waals surface area contributed by atoms with E-state index in [9.17, 15) is 4.79 Å². The molecule has 0 saturated heterocycles. The second-order valence-corrected chi connectivity index (χ2v) is 7.55. The molecule has 2 heterocycles. The number of rotatable bonds is 4. The molecule has 1 amide bonds. The van der Waals surface area contributed by atoms with Crippen molar-refractivity contribution in [2.75, 3.05) is 18.5 Å². The minimum Gasteiger partial charge on any atom is -0.355 e. The predicted octanol–water partition coefficient (Wildman–Crippen LogP) is 8.65. The summed E-state index contributed by atoms with van der Waals surface area (Å²) in [6.07, 6.45) is 1.94. The van der Waals surface area contributed by atoms with Gasteiger partial charge in [0.05, 0.1) is 0 Å². The maximum atomic E-state index is 12.3. The van der Waals surface area contributed by atoms with E-state index in [-0.39, 0.29) is 5.91 Å². The summed E-state index contributed by atoms with van der Waals surface area (Å²) in [7, 11) is 1.68. The van der Waals surface area contributed by atoms with Crippen LogP contribution in [0.2, 0.25) is 0 Å². The molecule has 1 aromatic heterocycles. The number of aryl methyl sites for hydroxylation is 2. The molecular weight excluding hydrogens is 454 g/mol.